The van der Waals surface area contributed by atoms with E-state index in [2.05, 4.69) is 10.3 Å². The average Bonchev–Trinajstić information content (AvgIpc) is 2.83. The van der Waals surface area contributed by atoms with Crippen LogP contribution in [0.25, 0.3) is 10.9 Å². The molecule has 33 heavy (non-hydrogen) atoms. The lowest BCUT2D eigenvalue weighted by atomic mass is 10.2. The van der Waals surface area contributed by atoms with Crippen LogP contribution in [0.2, 0.25) is 10.0 Å². The molecule has 0 N–H and O–H groups in total. The van der Waals surface area contributed by atoms with Crippen LogP contribution in [0, 0.1) is 0 Å². The summed E-state index contributed by atoms with van der Waals surface area (Å²) in [5.74, 6) is 0.0799. The molecule has 1 heterocycles. The van der Waals surface area contributed by atoms with Gasteiger partial charge >= 0.3 is 5.97 Å². The van der Waals surface area contributed by atoms with Gasteiger partial charge in [-0.3, -0.25) is 4.79 Å². The van der Waals surface area contributed by atoms with Gasteiger partial charge in [0, 0.05) is 15.6 Å². The third kappa shape index (κ3) is 5.08. The fourth-order valence-electron chi connectivity index (χ4n) is 3.02. The maximum Gasteiger partial charge on any atom is 0.340 e. The van der Waals surface area contributed by atoms with Crippen molar-refractivity contribution in [2.75, 3.05) is 7.11 Å². The maximum atomic E-state index is 12.5. The van der Waals surface area contributed by atoms with Gasteiger partial charge in [-0.05, 0) is 42.5 Å². The van der Waals surface area contributed by atoms with Gasteiger partial charge in [-0.1, -0.05) is 46.6 Å². The summed E-state index contributed by atoms with van der Waals surface area (Å²) in [5.41, 5.74) is 1.01. The molecule has 4 rings (SSSR count). The quantitative estimate of drug-likeness (QED) is 0.355. The van der Waals surface area contributed by atoms with Crippen molar-refractivity contribution in [2.45, 2.75) is 13.3 Å². The highest BCUT2D eigenvalue weighted by Crippen LogP contribution is 2.30. The van der Waals surface area contributed by atoms with Crippen LogP contribution in [0.15, 0.2) is 65.5 Å². The van der Waals surface area contributed by atoms with Gasteiger partial charge in [0.05, 0.1) is 18.1 Å². The number of fused-ring (bicyclic) bond motifs is 1. The van der Waals surface area contributed by atoms with E-state index in [4.69, 9.17) is 37.4 Å². The van der Waals surface area contributed by atoms with E-state index in [9.17, 15) is 9.59 Å². The lowest BCUT2D eigenvalue weighted by Gasteiger charge is -2.13. The normalized spacial score (nSPS) is 10.8. The van der Waals surface area contributed by atoms with E-state index in [1.54, 1.807) is 48.5 Å². The average molecular weight is 486 g/mol. The van der Waals surface area contributed by atoms with E-state index in [0.717, 1.165) is 10.2 Å². The molecule has 4 aromatic rings. The predicted octanol–water partition coefficient (Wildman–Crippen LogP) is 4.50. The van der Waals surface area contributed by atoms with Crippen molar-refractivity contribution in [2.24, 2.45) is 0 Å². The lowest BCUT2D eigenvalue weighted by Crippen LogP contribution is -2.26. The Balaban J connectivity index is 1.45. The Kier molecular flexibility index (Phi) is 6.76. The summed E-state index contributed by atoms with van der Waals surface area (Å²) < 4.78 is 17.3. The highest BCUT2D eigenvalue weighted by Gasteiger charge is 2.14. The Morgan fingerprint density at radius 1 is 1.03 bits per heavy atom. The van der Waals surface area contributed by atoms with Gasteiger partial charge in [-0.2, -0.15) is 4.68 Å². The first-order valence-corrected chi connectivity index (χ1v) is 10.5. The molecular formula is C23H17Cl2N3O5. The zero-order valence-electron chi connectivity index (χ0n) is 17.3. The first-order chi connectivity index (χ1) is 16.0. The molecule has 0 fully saturated rings. The van der Waals surface area contributed by atoms with Crippen molar-refractivity contribution in [1.82, 2.24) is 15.0 Å². The van der Waals surface area contributed by atoms with Gasteiger partial charge in [0.1, 0.15) is 12.1 Å². The molecule has 0 aliphatic carbocycles. The Bertz CT molecular complexity index is 1390. The molecule has 168 valence electrons. The zero-order valence-corrected chi connectivity index (χ0v) is 18.8. The van der Waals surface area contributed by atoms with Gasteiger partial charge in [-0.15, -0.1) is 5.10 Å². The number of ether oxygens (including phenoxy) is 3. The SMILES string of the molecule is COc1cc(C(=O)OCn2nnc3ccccc3c2=O)ccc1OCc1ccc(Cl)cc1Cl. The van der Waals surface area contributed by atoms with Crippen LogP contribution < -0.4 is 15.0 Å². The summed E-state index contributed by atoms with van der Waals surface area (Å²) in [6.45, 7) is -0.204. The Labute approximate surface area is 198 Å². The van der Waals surface area contributed by atoms with Crippen molar-refractivity contribution in [3.8, 4) is 11.5 Å². The number of rotatable bonds is 7. The number of carbonyl (C=O) groups excluding carboxylic acids is 1. The van der Waals surface area contributed by atoms with E-state index >= 15 is 0 Å². The smallest absolute Gasteiger partial charge is 0.340 e. The molecule has 3 aromatic carbocycles. The highest BCUT2D eigenvalue weighted by atomic mass is 35.5. The molecule has 0 amide bonds. The van der Waals surface area contributed by atoms with Crippen molar-refractivity contribution < 1.29 is 19.0 Å². The van der Waals surface area contributed by atoms with E-state index in [1.807, 2.05) is 0 Å². The van der Waals surface area contributed by atoms with Crippen LogP contribution in [0.3, 0.4) is 0 Å². The van der Waals surface area contributed by atoms with Crippen LogP contribution in [0.4, 0.5) is 0 Å². The fraction of sp³-hybridized carbons (Fsp3) is 0.130. The van der Waals surface area contributed by atoms with Crippen molar-refractivity contribution in [3.63, 3.8) is 0 Å². The number of hydrogen-bond acceptors (Lipinski definition) is 7. The molecule has 8 nitrogen and oxygen atoms in total. The summed E-state index contributed by atoms with van der Waals surface area (Å²) in [7, 11) is 1.46. The molecule has 0 spiro atoms. The molecular weight excluding hydrogens is 469 g/mol. The van der Waals surface area contributed by atoms with E-state index in [0.29, 0.717) is 32.4 Å². The number of methoxy groups -OCH3 is 1. The summed E-state index contributed by atoms with van der Waals surface area (Å²) in [5, 5.41) is 9.15. The standard InChI is InChI=1S/C23H17Cl2N3O5/c1-31-21-10-14(7-9-20(21)32-12-15-6-8-16(24)11-18(15)25)23(30)33-13-28-22(29)17-4-2-3-5-19(17)26-27-28/h2-11H,12-13H2,1H3. The number of aromatic nitrogens is 3. The van der Waals surface area contributed by atoms with Crippen LogP contribution in [0.5, 0.6) is 11.5 Å². The largest absolute Gasteiger partial charge is 0.493 e. The number of halogens is 2. The molecule has 0 bridgehead atoms. The van der Waals surface area contributed by atoms with Gasteiger partial charge in [0.25, 0.3) is 5.56 Å². The molecule has 0 saturated carbocycles. The topological polar surface area (TPSA) is 92.5 Å². The minimum atomic E-state index is -0.664. The first-order valence-electron chi connectivity index (χ1n) is 9.70. The monoisotopic (exact) mass is 485 g/mol. The highest BCUT2D eigenvalue weighted by molar-refractivity contribution is 6.35. The van der Waals surface area contributed by atoms with Crippen molar-refractivity contribution in [1.29, 1.82) is 0 Å². The minimum absolute atomic E-state index is 0.180. The minimum Gasteiger partial charge on any atom is -0.493 e. The number of benzene rings is 3. The second-order valence-electron chi connectivity index (χ2n) is 6.86. The van der Waals surface area contributed by atoms with Gasteiger partial charge in [0.2, 0.25) is 0 Å². The molecule has 0 aliphatic rings. The van der Waals surface area contributed by atoms with Gasteiger partial charge in [-0.25, -0.2) is 4.79 Å². The van der Waals surface area contributed by atoms with Crippen LogP contribution >= 0.6 is 23.2 Å². The third-order valence-corrected chi connectivity index (χ3v) is 5.33. The van der Waals surface area contributed by atoms with Crippen molar-refractivity contribution in [3.05, 3.63) is 92.2 Å². The molecule has 0 atom stereocenters. The molecule has 0 radical (unpaired) electrons. The summed E-state index contributed by atoms with van der Waals surface area (Å²) in [6.07, 6.45) is 0. The Hall–Kier alpha value is -3.62. The number of hydrogen-bond donors (Lipinski definition) is 0. The Morgan fingerprint density at radius 2 is 1.85 bits per heavy atom. The zero-order chi connectivity index (χ0) is 23.4. The molecule has 10 heteroatoms. The summed E-state index contributed by atoms with van der Waals surface area (Å²) >= 11 is 12.1. The molecule has 1 aromatic heterocycles. The van der Waals surface area contributed by atoms with Gasteiger partial charge < -0.3 is 14.2 Å². The molecule has 0 unspecified atom stereocenters. The van der Waals surface area contributed by atoms with Crippen LogP contribution in [-0.4, -0.2) is 28.1 Å². The number of carbonyl (C=O) groups is 1. The maximum absolute atomic E-state index is 12.5. The number of esters is 1. The fourth-order valence-corrected chi connectivity index (χ4v) is 3.48. The predicted molar refractivity (Wildman–Crippen MR) is 123 cm³/mol. The third-order valence-electron chi connectivity index (χ3n) is 4.74. The van der Waals surface area contributed by atoms with Crippen LogP contribution in [0.1, 0.15) is 15.9 Å². The lowest BCUT2D eigenvalue weighted by molar-refractivity contribution is 0.0335. The van der Waals surface area contributed by atoms with Gasteiger partial charge in [0.15, 0.2) is 18.2 Å². The summed E-state index contributed by atoms with van der Waals surface area (Å²) in [4.78, 5) is 25.0. The summed E-state index contributed by atoms with van der Waals surface area (Å²) in [6, 6.07) is 16.5. The Morgan fingerprint density at radius 3 is 2.64 bits per heavy atom. The van der Waals surface area contributed by atoms with E-state index in [1.165, 1.54) is 19.2 Å². The first kappa shape index (κ1) is 22.6. The van der Waals surface area contributed by atoms with E-state index < -0.39 is 11.5 Å². The van der Waals surface area contributed by atoms with Crippen molar-refractivity contribution >= 4 is 40.1 Å². The van der Waals surface area contributed by atoms with Crippen LogP contribution in [-0.2, 0) is 18.1 Å². The second-order valence-corrected chi connectivity index (χ2v) is 7.71. The molecule has 0 saturated heterocycles. The molecule has 0 aliphatic heterocycles. The number of nitrogens with zero attached hydrogens (tertiary/aromatic N) is 3. The van der Waals surface area contributed by atoms with E-state index in [-0.39, 0.29) is 18.9 Å². The second kappa shape index (κ2) is 9.89.